The maximum atomic E-state index is 12.5. The summed E-state index contributed by atoms with van der Waals surface area (Å²) in [6.07, 6.45) is 0. The number of nitrogens with zero attached hydrogens (tertiary/aromatic N) is 1. The van der Waals surface area contributed by atoms with Gasteiger partial charge in [-0.25, -0.2) is 4.98 Å². The molecule has 1 aromatic heterocycles. The number of carbonyl (C=O) groups is 1. The van der Waals surface area contributed by atoms with Gasteiger partial charge < -0.3 is 5.32 Å². The number of carbonyl (C=O) groups excluding carboxylic acids is 1. The fraction of sp³-hybridized carbons (Fsp3) is 0.0588. The number of benzene rings is 2. The largest absolute Gasteiger partial charge is 0.321 e. The number of amides is 1. The van der Waals surface area contributed by atoms with Crippen LogP contribution in [0.25, 0.3) is 11.3 Å². The standard InChI is InChI=1S/C17H12Cl2N2OS/c1-10-20-16(9-23-10)14-4-2-3-5-15(14)21-17(22)11-6-12(18)8-13(19)7-11/h2-9H,1H3,(H,21,22). The Bertz CT molecular complexity index is 856. The molecule has 23 heavy (non-hydrogen) atoms. The maximum absolute atomic E-state index is 12.5. The lowest BCUT2D eigenvalue weighted by Crippen LogP contribution is -2.12. The topological polar surface area (TPSA) is 42.0 Å². The first-order valence-corrected chi connectivity index (χ1v) is 8.45. The van der Waals surface area contributed by atoms with Gasteiger partial charge in [0.2, 0.25) is 0 Å². The van der Waals surface area contributed by atoms with Gasteiger partial charge in [-0.2, -0.15) is 0 Å². The molecule has 0 bridgehead atoms. The highest BCUT2D eigenvalue weighted by Crippen LogP contribution is 2.29. The third kappa shape index (κ3) is 3.72. The second-order valence-electron chi connectivity index (χ2n) is 4.91. The lowest BCUT2D eigenvalue weighted by atomic mass is 10.1. The van der Waals surface area contributed by atoms with Gasteiger partial charge in [-0.15, -0.1) is 11.3 Å². The highest BCUT2D eigenvalue weighted by atomic mass is 35.5. The number of aryl methyl sites for hydroxylation is 1. The number of anilines is 1. The molecule has 3 nitrogen and oxygen atoms in total. The first-order chi connectivity index (χ1) is 11.0. The van der Waals surface area contributed by atoms with Crippen LogP contribution >= 0.6 is 34.5 Å². The molecule has 3 aromatic rings. The normalized spacial score (nSPS) is 10.6. The number of aromatic nitrogens is 1. The van der Waals surface area contributed by atoms with Gasteiger partial charge in [0.25, 0.3) is 5.91 Å². The van der Waals surface area contributed by atoms with Gasteiger partial charge in [0.15, 0.2) is 0 Å². The molecule has 3 rings (SSSR count). The van der Waals surface area contributed by atoms with E-state index in [0.29, 0.717) is 21.3 Å². The second kappa shape index (κ2) is 6.71. The molecule has 0 aliphatic heterocycles. The van der Waals surface area contributed by atoms with E-state index in [1.54, 1.807) is 29.5 Å². The molecule has 2 aromatic carbocycles. The summed E-state index contributed by atoms with van der Waals surface area (Å²) in [5.74, 6) is -0.270. The summed E-state index contributed by atoms with van der Waals surface area (Å²) < 4.78 is 0. The van der Waals surface area contributed by atoms with E-state index in [9.17, 15) is 4.79 Å². The number of hydrogen-bond donors (Lipinski definition) is 1. The van der Waals surface area contributed by atoms with Gasteiger partial charge in [0.1, 0.15) is 0 Å². The Morgan fingerprint density at radius 3 is 2.48 bits per heavy atom. The van der Waals surface area contributed by atoms with Crippen molar-refractivity contribution in [3.63, 3.8) is 0 Å². The van der Waals surface area contributed by atoms with E-state index in [1.807, 2.05) is 36.6 Å². The molecule has 0 fully saturated rings. The molecule has 1 N–H and O–H groups in total. The van der Waals surface area contributed by atoms with E-state index in [-0.39, 0.29) is 5.91 Å². The fourth-order valence-corrected chi connectivity index (χ4v) is 3.32. The van der Waals surface area contributed by atoms with Crippen molar-refractivity contribution in [3.05, 3.63) is 68.5 Å². The predicted molar refractivity (Wildman–Crippen MR) is 96.7 cm³/mol. The van der Waals surface area contributed by atoms with Crippen LogP contribution in [0.15, 0.2) is 47.8 Å². The third-order valence-corrected chi connectivity index (χ3v) is 4.40. The lowest BCUT2D eigenvalue weighted by molar-refractivity contribution is 0.102. The number of hydrogen-bond acceptors (Lipinski definition) is 3. The molecule has 0 unspecified atom stereocenters. The molecular weight excluding hydrogens is 351 g/mol. The molecule has 0 atom stereocenters. The molecule has 0 saturated carbocycles. The molecular formula is C17H12Cl2N2OS. The van der Waals surface area contributed by atoms with Crippen molar-refractivity contribution in [1.29, 1.82) is 0 Å². The summed E-state index contributed by atoms with van der Waals surface area (Å²) in [6, 6.07) is 12.3. The summed E-state index contributed by atoms with van der Waals surface area (Å²) in [4.78, 5) is 16.9. The van der Waals surface area contributed by atoms with Crippen molar-refractivity contribution < 1.29 is 4.79 Å². The van der Waals surface area contributed by atoms with Crippen LogP contribution < -0.4 is 5.32 Å². The summed E-state index contributed by atoms with van der Waals surface area (Å²) in [6.45, 7) is 1.95. The van der Waals surface area contributed by atoms with Crippen molar-refractivity contribution in [2.45, 2.75) is 6.92 Å². The number of nitrogens with one attached hydrogen (secondary N) is 1. The molecule has 0 aliphatic rings. The first-order valence-electron chi connectivity index (χ1n) is 6.82. The van der Waals surface area contributed by atoms with Gasteiger partial charge in [0.05, 0.1) is 16.4 Å². The quantitative estimate of drug-likeness (QED) is 0.651. The van der Waals surface area contributed by atoms with Gasteiger partial charge in [-0.05, 0) is 31.2 Å². The van der Waals surface area contributed by atoms with E-state index in [4.69, 9.17) is 23.2 Å². The number of halogens is 2. The average Bonchev–Trinajstić information content (AvgIpc) is 2.93. The van der Waals surface area contributed by atoms with Crippen LogP contribution in [0.3, 0.4) is 0 Å². The number of thiazole rings is 1. The molecule has 1 heterocycles. The van der Waals surface area contributed by atoms with E-state index < -0.39 is 0 Å². The predicted octanol–water partition coefficient (Wildman–Crippen LogP) is 5.68. The van der Waals surface area contributed by atoms with Crippen LogP contribution in [0.4, 0.5) is 5.69 Å². The van der Waals surface area contributed by atoms with Crippen molar-refractivity contribution in [2.24, 2.45) is 0 Å². The van der Waals surface area contributed by atoms with Crippen molar-refractivity contribution in [3.8, 4) is 11.3 Å². The molecule has 0 saturated heterocycles. The first kappa shape index (κ1) is 16.0. The second-order valence-corrected chi connectivity index (χ2v) is 6.84. The molecule has 0 radical (unpaired) electrons. The van der Waals surface area contributed by atoms with Crippen molar-refractivity contribution in [1.82, 2.24) is 4.98 Å². The van der Waals surface area contributed by atoms with Crippen LogP contribution in [-0.4, -0.2) is 10.9 Å². The monoisotopic (exact) mass is 362 g/mol. The summed E-state index contributed by atoms with van der Waals surface area (Å²) >= 11 is 13.5. The van der Waals surface area contributed by atoms with Gasteiger partial charge in [-0.3, -0.25) is 4.79 Å². The fourth-order valence-electron chi connectivity index (χ4n) is 2.18. The zero-order valence-corrected chi connectivity index (χ0v) is 14.5. The number of para-hydroxylation sites is 1. The van der Waals surface area contributed by atoms with Gasteiger partial charge >= 0.3 is 0 Å². The minimum absolute atomic E-state index is 0.270. The Balaban J connectivity index is 1.92. The minimum atomic E-state index is -0.270. The molecule has 0 spiro atoms. The van der Waals surface area contributed by atoms with Crippen molar-refractivity contribution in [2.75, 3.05) is 5.32 Å². The van der Waals surface area contributed by atoms with E-state index >= 15 is 0 Å². The van der Waals surface area contributed by atoms with Crippen LogP contribution in [0, 0.1) is 6.92 Å². The third-order valence-electron chi connectivity index (χ3n) is 3.19. The van der Waals surface area contributed by atoms with Gasteiger partial charge in [0, 0.05) is 26.6 Å². The number of rotatable bonds is 3. The lowest BCUT2D eigenvalue weighted by Gasteiger charge is -2.10. The highest BCUT2D eigenvalue weighted by molar-refractivity contribution is 7.09. The van der Waals surface area contributed by atoms with Crippen LogP contribution in [0.1, 0.15) is 15.4 Å². The van der Waals surface area contributed by atoms with Crippen LogP contribution in [-0.2, 0) is 0 Å². The Morgan fingerprint density at radius 1 is 1.13 bits per heavy atom. The molecule has 0 aliphatic carbocycles. The highest BCUT2D eigenvalue weighted by Gasteiger charge is 2.13. The summed E-state index contributed by atoms with van der Waals surface area (Å²) in [7, 11) is 0. The Hall–Kier alpha value is -1.88. The summed E-state index contributed by atoms with van der Waals surface area (Å²) in [5.41, 5.74) is 2.82. The van der Waals surface area contributed by atoms with E-state index in [2.05, 4.69) is 10.3 Å². The molecule has 1 amide bonds. The smallest absolute Gasteiger partial charge is 0.255 e. The van der Waals surface area contributed by atoms with Crippen LogP contribution in [0.5, 0.6) is 0 Å². The van der Waals surface area contributed by atoms with E-state index in [0.717, 1.165) is 16.3 Å². The average molecular weight is 363 g/mol. The summed E-state index contributed by atoms with van der Waals surface area (Å²) in [5, 5.41) is 6.69. The minimum Gasteiger partial charge on any atom is -0.321 e. The maximum Gasteiger partial charge on any atom is 0.255 e. The zero-order chi connectivity index (χ0) is 16.4. The Labute approximate surface area is 147 Å². The Morgan fingerprint density at radius 2 is 1.83 bits per heavy atom. The zero-order valence-electron chi connectivity index (χ0n) is 12.1. The van der Waals surface area contributed by atoms with E-state index in [1.165, 1.54) is 0 Å². The van der Waals surface area contributed by atoms with Crippen molar-refractivity contribution >= 4 is 46.1 Å². The molecule has 6 heteroatoms. The van der Waals surface area contributed by atoms with Gasteiger partial charge in [-0.1, -0.05) is 41.4 Å². The Kier molecular flexibility index (Phi) is 4.66. The molecule has 116 valence electrons. The SMILES string of the molecule is Cc1nc(-c2ccccc2NC(=O)c2cc(Cl)cc(Cl)c2)cs1. The van der Waals surface area contributed by atoms with Crippen LogP contribution in [0.2, 0.25) is 10.0 Å².